The summed E-state index contributed by atoms with van der Waals surface area (Å²) >= 11 is 0. The molecule has 0 saturated carbocycles. The first kappa shape index (κ1) is 12.3. The van der Waals surface area contributed by atoms with Crippen molar-refractivity contribution in [1.82, 2.24) is 14.9 Å². The molecule has 0 aliphatic heterocycles. The summed E-state index contributed by atoms with van der Waals surface area (Å²) < 4.78 is 7.34. The second-order valence-electron chi connectivity index (χ2n) is 4.54. The highest BCUT2D eigenvalue weighted by atomic mass is 16.3. The fraction of sp³-hybridized carbons (Fsp3) is 0.143. The summed E-state index contributed by atoms with van der Waals surface area (Å²) in [5, 5.41) is 3.58. The van der Waals surface area contributed by atoms with Crippen LogP contribution in [-0.4, -0.2) is 15.5 Å². The zero-order valence-corrected chi connectivity index (χ0v) is 11.0. The van der Waals surface area contributed by atoms with E-state index in [9.17, 15) is 4.79 Å². The minimum atomic E-state index is -0.275. The van der Waals surface area contributed by atoms with Crippen LogP contribution in [0.1, 0.15) is 16.4 Å². The van der Waals surface area contributed by atoms with E-state index in [0.29, 0.717) is 17.8 Å². The van der Waals surface area contributed by atoms with Gasteiger partial charge in [-0.1, -0.05) is 0 Å². The largest absolute Gasteiger partial charge is 0.451 e. The topological polar surface area (TPSA) is 86.1 Å². The molecule has 3 rings (SSSR count). The molecule has 0 aliphatic carbocycles. The number of carbonyl (C=O) groups is 1. The van der Waals surface area contributed by atoms with Crippen LogP contribution in [0, 0.1) is 0 Å². The van der Waals surface area contributed by atoms with E-state index in [1.807, 2.05) is 17.8 Å². The zero-order chi connectivity index (χ0) is 14.1. The maximum Gasteiger partial charge on any atom is 0.287 e. The van der Waals surface area contributed by atoms with Gasteiger partial charge < -0.3 is 20.0 Å². The zero-order valence-electron chi connectivity index (χ0n) is 11.0. The summed E-state index contributed by atoms with van der Waals surface area (Å²) in [6.45, 7) is 0.349. The molecule has 0 saturated heterocycles. The number of rotatable bonds is 3. The number of fused-ring (bicyclic) bond motifs is 1. The lowest BCUT2D eigenvalue weighted by Crippen LogP contribution is -2.23. The molecule has 0 bridgehead atoms. The molecule has 1 aromatic carbocycles. The van der Waals surface area contributed by atoms with Crippen LogP contribution in [-0.2, 0) is 13.6 Å². The molecule has 2 aromatic heterocycles. The minimum Gasteiger partial charge on any atom is -0.451 e. The van der Waals surface area contributed by atoms with Gasteiger partial charge in [-0.15, -0.1) is 0 Å². The summed E-state index contributed by atoms with van der Waals surface area (Å²) in [4.78, 5) is 16.2. The van der Waals surface area contributed by atoms with Crippen molar-refractivity contribution in [3.63, 3.8) is 0 Å². The number of anilines is 1. The van der Waals surface area contributed by atoms with E-state index in [1.54, 1.807) is 30.5 Å². The number of hydrogen-bond donors (Lipinski definition) is 2. The fourth-order valence-corrected chi connectivity index (χ4v) is 1.99. The number of nitrogen functional groups attached to an aromatic ring is 1. The first-order valence-corrected chi connectivity index (χ1v) is 6.17. The molecule has 0 aliphatic rings. The number of aromatic nitrogens is 2. The normalized spacial score (nSPS) is 10.8. The van der Waals surface area contributed by atoms with Gasteiger partial charge in [0.05, 0.1) is 6.54 Å². The Morgan fingerprint density at radius 3 is 3.05 bits per heavy atom. The molecule has 1 amide bonds. The van der Waals surface area contributed by atoms with Crippen LogP contribution in [0.2, 0.25) is 0 Å². The average molecular weight is 270 g/mol. The molecule has 20 heavy (non-hydrogen) atoms. The van der Waals surface area contributed by atoms with E-state index in [2.05, 4.69) is 10.3 Å². The molecule has 3 aromatic rings. The lowest BCUT2D eigenvalue weighted by molar-refractivity contribution is 0.0924. The maximum atomic E-state index is 12.0. The van der Waals surface area contributed by atoms with Gasteiger partial charge in [-0.2, -0.15) is 0 Å². The van der Waals surface area contributed by atoms with Gasteiger partial charge in [-0.25, -0.2) is 4.98 Å². The molecule has 0 spiro atoms. The Balaban J connectivity index is 1.77. The van der Waals surface area contributed by atoms with Gasteiger partial charge in [-0.05, 0) is 24.3 Å². The number of amides is 1. The van der Waals surface area contributed by atoms with Crippen molar-refractivity contribution in [3.8, 4) is 0 Å². The predicted octanol–water partition coefficient (Wildman–Crippen LogP) is 1.68. The third kappa shape index (κ3) is 2.23. The van der Waals surface area contributed by atoms with Crippen molar-refractivity contribution in [3.05, 3.63) is 48.2 Å². The number of benzene rings is 1. The molecule has 0 unspecified atom stereocenters. The van der Waals surface area contributed by atoms with Gasteiger partial charge in [0.1, 0.15) is 11.4 Å². The summed E-state index contributed by atoms with van der Waals surface area (Å²) in [6, 6.07) is 6.94. The molecule has 6 nitrogen and oxygen atoms in total. The number of carbonyl (C=O) groups excluding carboxylic acids is 1. The van der Waals surface area contributed by atoms with Crippen LogP contribution in [0.3, 0.4) is 0 Å². The predicted molar refractivity (Wildman–Crippen MR) is 75.0 cm³/mol. The Kier molecular flexibility index (Phi) is 2.90. The highest BCUT2D eigenvalue weighted by molar-refractivity contribution is 5.96. The van der Waals surface area contributed by atoms with E-state index in [1.165, 1.54) is 0 Å². The maximum absolute atomic E-state index is 12.0. The number of imidazole rings is 1. The van der Waals surface area contributed by atoms with E-state index in [0.717, 1.165) is 11.2 Å². The Morgan fingerprint density at radius 2 is 2.30 bits per heavy atom. The van der Waals surface area contributed by atoms with Crippen molar-refractivity contribution in [2.75, 3.05) is 5.73 Å². The van der Waals surface area contributed by atoms with Crippen LogP contribution < -0.4 is 11.1 Å². The van der Waals surface area contributed by atoms with Gasteiger partial charge in [0.2, 0.25) is 0 Å². The molecule has 0 radical (unpaired) electrons. The third-order valence-corrected chi connectivity index (χ3v) is 3.09. The Labute approximate surface area is 115 Å². The molecule has 6 heteroatoms. The summed E-state index contributed by atoms with van der Waals surface area (Å²) in [5.41, 5.74) is 6.97. The van der Waals surface area contributed by atoms with Crippen molar-refractivity contribution in [2.45, 2.75) is 6.54 Å². The lowest BCUT2D eigenvalue weighted by atomic mass is 10.2. The molecular weight excluding hydrogens is 256 g/mol. The highest BCUT2D eigenvalue weighted by Gasteiger charge is 2.12. The van der Waals surface area contributed by atoms with Gasteiger partial charge in [0, 0.05) is 30.5 Å². The first-order valence-electron chi connectivity index (χ1n) is 6.17. The van der Waals surface area contributed by atoms with Crippen LogP contribution in [0.5, 0.6) is 0 Å². The summed E-state index contributed by atoms with van der Waals surface area (Å²) in [5.74, 6) is 0.765. The van der Waals surface area contributed by atoms with Gasteiger partial charge in [-0.3, -0.25) is 4.79 Å². The van der Waals surface area contributed by atoms with E-state index in [4.69, 9.17) is 10.2 Å². The van der Waals surface area contributed by atoms with Crippen molar-refractivity contribution in [2.24, 2.45) is 7.05 Å². The molecule has 2 heterocycles. The Bertz CT molecular complexity index is 772. The standard InChI is InChI=1S/C14H14N4O2/c1-18-5-4-16-13(18)8-17-14(19)12-7-9-6-10(15)2-3-11(9)20-12/h2-7H,8,15H2,1H3,(H,17,19). The number of hydrogen-bond acceptors (Lipinski definition) is 4. The first-order chi connectivity index (χ1) is 9.63. The highest BCUT2D eigenvalue weighted by Crippen LogP contribution is 2.21. The van der Waals surface area contributed by atoms with Crippen molar-refractivity contribution in [1.29, 1.82) is 0 Å². The minimum absolute atomic E-state index is 0.264. The van der Waals surface area contributed by atoms with Crippen LogP contribution in [0.4, 0.5) is 5.69 Å². The Morgan fingerprint density at radius 1 is 1.45 bits per heavy atom. The SMILES string of the molecule is Cn1ccnc1CNC(=O)c1cc2cc(N)ccc2o1. The molecule has 0 atom stereocenters. The molecule has 0 fully saturated rings. The second-order valence-corrected chi connectivity index (χ2v) is 4.54. The number of furan rings is 1. The average Bonchev–Trinajstić information content (AvgIpc) is 3.01. The number of aryl methyl sites for hydroxylation is 1. The van der Waals surface area contributed by atoms with Crippen LogP contribution >= 0.6 is 0 Å². The smallest absolute Gasteiger partial charge is 0.287 e. The number of nitrogens with one attached hydrogen (secondary N) is 1. The monoisotopic (exact) mass is 270 g/mol. The Hall–Kier alpha value is -2.76. The van der Waals surface area contributed by atoms with Crippen LogP contribution in [0.25, 0.3) is 11.0 Å². The molecular formula is C14H14N4O2. The van der Waals surface area contributed by atoms with Gasteiger partial charge in [0.15, 0.2) is 5.76 Å². The van der Waals surface area contributed by atoms with Gasteiger partial charge in [0.25, 0.3) is 5.91 Å². The lowest BCUT2D eigenvalue weighted by Gasteiger charge is -2.02. The quantitative estimate of drug-likeness (QED) is 0.709. The third-order valence-electron chi connectivity index (χ3n) is 3.09. The van der Waals surface area contributed by atoms with E-state index >= 15 is 0 Å². The molecule has 102 valence electrons. The summed E-state index contributed by atoms with van der Waals surface area (Å²) in [7, 11) is 1.87. The molecule has 3 N–H and O–H groups in total. The summed E-state index contributed by atoms with van der Waals surface area (Å²) in [6.07, 6.45) is 3.51. The second kappa shape index (κ2) is 4.73. The van der Waals surface area contributed by atoms with Crippen LogP contribution in [0.15, 0.2) is 41.1 Å². The number of nitrogens with zero attached hydrogens (tertiary/aromatic N) is 2. The van der Waals surface area contributed by atoms with Gasteiger partial charge >= 0.3 is 0 Å². The fourth-order valence-electron chi connectivity index (χ4n) is 1.99. The number of nitrogens with two attached hydrogens (primary N) is 1. The van der Waals surface area contributed by atoms with Crippen molar-refractivity contribution >= 4 is 22.6 Å². The van der Waals surface area contributed by atoms with Crippen molar-refractivity contribution < 1.29 is 9.21 Å². The van der Waals surface area contributed by atoms with E-state index < -0.39 is 0 Å². The van der Waals surface area contributed by atoms with E-state index in [-0.39, 0.29) is 11.7 Å².